The molecule has 0 spiro atoms. The smallest absolute Gasteiger partial charge is 0.276 e. The molecule has 4 heterocycles. The van der Waals surface area contributed by atoms with Crippen molar-refractivity contribution in [3.05, 3.63) is 40.0 Å². The van der Waals surface area contributed by atoms with E-state index in [1.54, 1.807) is 17.2 Å². The van der Waals surface area contributed by atoms with Crippen LogP contribution in [0.3, 0.4) is 0 Å². The molecule has 0 unspecified atom stereocenters. The van der Waals surface area contributed by atoms with Crippen LogP contribution in [0.2, 0.25) is 0 Å². The minimum atomic E-state index is -0.0897. The largest absolute Gasteiger partial charge is 0.359 e. The Morgan fingerprint density at radius 3 is 2.93 bits per heavy atom. The fourth-order valence-corrected chi connectivity index (χ4v) is 3.18. The zero-order valence-corrected chi connectivity index (χ0v) is 16.8. The normalized spacial score (nSPS) is 13.7. The van der Waals surface area contributed by atoms with Crippen LogP contribution in [0.5, 0.6) is 0 Å². The number of hydrogen-bond acceptors (Lipinski definition) is 8. The third-order valence-corrected chi connectivity index (χ3v) is 4.87. The summed E-state index contributed by atoms with van der Waals surface area (Å²) >= 11 is 3.42. The van der Waals surface area contributed by atoms with Crippen molar-refractivity contribution in [2.24, 2.45) is 0 Å². The lowest BCUT2D eigenvalue weighted by molar-refractivity contribution is 0.0782. The van der Waals surface area contributed by atoms with E-state index < -0.39 is 0 Å². The van der Waals surface area contributed by atoms with Gasteiger partial charge < -0.3 is 20.1 Å². The van der Waals surface area contributed by atoms with E-state index in [4.69, 9.17) is 4.52 Å². The molecule has 1 aliphatic rings. The van der Waals surface area contributed by atoms with Crippen molar-refractivity contribution in [1.29, 1.82) is 0 Å². The van der Waals surface area contributed by atoms with Crippen LogP contribution in [0.15, 0.2) is 27.3 Å². The minimum Gasteiger partial charge on any atom is -0.359 e. The number of hydrogen-bond donors (Lipinski definition) is 3. The van der Waals surface area contributed by atoms with Crippen LogP contribution in [-0.4, -0.2) is 49.2 Å². The Hall–Kier alpha value is -2.95. The van der Waals surface area contributed by atoms with Gasteiger partial charge in [0, 0.05) is 37.1 Å². The molecule has 4 rings (SSSR count). The number of carbonyl (C=O) groups is 1. The summed E-state index contributed by atoms with van der Waals surface area (Å²) in [5, 5.41) is 17.1. The van der Waals surface area contributed by atoms with Crippen molar-refractivity contribution in [2.45, 2.75) is 26.3 Å². The summed E-state index contributed by atoms with van der Waals surface area (Å²) in [7, 11) is 0. The average Bonchev–Trinajstić information content (AvgIpc) is 3.44. The molecule has 1 amide bonds. The van der Waals surface area contributed by atoms with Gasteiger partial charge in [0.05, 0.1) is 11.0 Å². The molecule has 146 valence electrons. The van der Waals surface area contributed by atoms with Crippen LogP contribution < -0.4 is 10.6 Å². The molecule has 0 atom stereocenters. The Kier molecular flexibility index (Phi) is 5.24. The number of likely N-dealkylation sites (tertiary alicyclic amines) is 1. The fourth-order valence-electron chi connectivity index (χ4n) is 2.89. The fraction of sp³-hybridized carbons (Fsp3) is 0.353. The van der Waals surface area contributed by atoms with Crippen LogP contribution in [0.1, 0.15) is 34.8 Å². The van der Waals surface area contributed by atoms with Crippen molar-refractivity contribution in [3.8, 4) is 0 Å². The van der Waals surface area contributed by atoms with Gasteiger partial charge in [-0.25, -0.2) is 4.98 Å². The van der Waals surface area contributed by atoms with E-state index in [1.165, 1.54) is 0 Å². The van der Waals surface area contributed by atoms with Gasteiger partial charge in [0.15, 0.2) is 23.1 Å². The van der Waals surface area contributed by atoms with Crippen LogP contribution >= 0.6 is 15.9 Å². The molecule has 3 N–H and O–H groups in total. The molecule has 3 aromatic rings. The van der Waals surface area contributed by atoms with Gasteiger partial charge in [-0.1, -0.05) is 5.16 Å². The van der Waals surface area contributed by atoms with Gasteiger partial charge in [0.2, 0.25) is 5.95 Å². The highest BCUT2D eigenvalue weighted by Crippen LogP contribution is 2.23. The Balaban J connectivity index is 1.39. The SMILES string of the molecule is Cc1cc(Nc2nc(NCc3cc(C(=O)N4CCCC4)no3)ncc2Br)n[nH]1. The van der Waals surface area contributed by atoms with Gasteiger partial charge in [0.1, 0.15) is 0 Å². The van der Waals surface area contributed by atoms with E-state index >= 15 is 0 Å². The second-order valence-electron chi connectivity index (χ2n) is 6.48. The summed E-state index contributed by atoms with van der Waals surface area (Å²) in [6.07, 6.45) is 3.71. The number of aromatic nitrogens is 5. The van der Waals surface area contributed by atoms with E-state index in [-0.39, 0.29) is 5.91 Å². The van der Waals surface area contributed by atoms with E-state index in [0.717, 1.165) is 31.6 Å². The first-order chi connectivity index (χ1) is 13.6. The van der Waals surface area contributed by atoms with Gasteiger partial charge >= 0.3 is 0 Å². The number of aryl methyl sites for hydroxylation is 1. The quantitative estimate of drug-likeness (QED) is 0.527. The Bertz CT molecular complexity index is 979. The number of amides is 1. The first-order valence-electron chi connectivity index (χ1n) is 8.89. The highest BCUT2D eigenvalue weighted by molar-refractivity contribution is 9.10. The van der Waals surface area contributed by atoms with Gasteiger partial charge in [0.25, 0.3) is 5.91 Å². The lowest BCUT2D eigenvalue weighted by Crippen LogP contribution is -2.27. The monoisotopic (exact) mass is 446 g/mol. The van der Waals surface area contributed by atoms with E-state index in [9.17, 15) is 4.79 Å². The van der Waals surface area contributed by atoms with E-state index in [0.29, 0.717) is 40.1 Å². The summed E-state index contributed by atoms with van der Waals surface area (Å²) in [6.45, 7) is 3.78. The van der Waals surface area contributed by atoms with Gasteiger partial charge in [-0.2, -0.15) is 10.1 Å². The molecule has 3 aromatic heterocycles. The third-order valence-electron chi connectivity index (χ3n) is 4.29. The number of halogens is 1. The lowest BCUT2D eigenvalue weighted by atomic mass is 10.3. The maximum Gasteiger partial charge on any atom is 0.276 e. The molecule has 1 fully saturated rings. The predicted molar refractivity (Wildman–Crippen MR) is 105 cm³/mol. The van der Waals surface area contributed by atoms with Gasteiger partial charge in [-0.15, -0.1) is 0 Å². The third kappa shape index (κ3) is 4.14. The first-order valence-corrected chi connectivity index (χ1v) is 9.68. The van der Waals surface area contributed by atoms with Gasteiger partial charge in [-0.3, -0.25) is 9.89 Å². The predicted octanol–water partition coefficient (Wildman–Crippen LogP) is 2.85. The number of anilines is 3. The molecular formula is C17H19BrN8O2. The summed E-state index contributed by atoms with van der Waals surface area (Å²) in [6, 6.07) is 3.52. The lowest BCUT2D eigenvalue weighted by Gasteiger charge is -2.12. The molecule has 1 aliphatic heterocycles. The highest BCUT2D eigenvalue weighted by atomic mass is 79.9. The highest BCUT2D eigenvalue weighted by Gasteiger charge is 2.22. The molecule has 0 aliphatic carbocycles. The molecule has 1 saturated heterocycles. The van der Waals surface area contributed by atoms with Crippen molar-refractivity contribution in [3.63, 3.8) is 0 Å². The summed E-state index contributed by atoms with van der Waals surface area (Å²) in [5.74, 6) is 2.08. The Labute approximate surface area is 169 Å². The maximum absolute atomic E-state index is 12.3. The standard InChI is InChI=1S/C17H19BrN8O2/c1-10-6-14(24-23-10)21-15-12(18)9-20-17(22-15)19-8-11-7-13(25-28-11)16(27)26-4-2-3-5-26/h6-7,9H,2-5,8H2,1H3,(H3,19,20,21,22,23,24). The van der Waals surface area contributed by atoms with Crippen molar-refractivity contribution >= 4 is 39.4 Å². The average molecular weight is 447 g/mol. The number of nitrogens with zero attached hydrogens (tertiary/aromatic N) is 5. The topological polar surface area (TPSA) is 125 Å². The maximum atomic E-state index is 12.3. The molecule has 0 aromatic carbocycles. The number of carbonyl (C=O) groups excluding carboxylic acids is 1. The number of nitrogens with one attached hydrogen (secondary N) is 3. The van der Waals surface area contributed by atoms with E-state index in [2.05, 4.69) is 51.9 Å². The molecule has 10 nitrogen and oxygen atoms in total. The number of H-pyrrole nitrogens is 1. The first kappa shape index (κ1) is 18.4. The molecular weight excluding hydrogens is 428 g/mol. The second kappa shape index (κ2) is 7.97. The number of aromatic amines is 1. The molecule has 0 radical (unpaired) electrons. The number of rotatable bonds is 6. The van der Waals surface area contributed by atoms with Crippen LogP contribution in [-0.2, 0) is 6.54 Å². The zero-order chi connectivity index (χ0) is 19.5. The molecule has 0 bridgehead atoms. The van der Waals surface area contributed by atoms with E-state index in [1.807, 2.05) is 13.0 Å². The molecule has 11 heteroatoms. The van der Waals surface area contributed by atoms with Crippen LogP contribution in [0.25, 0.3) is 0 Å². The minimum absolute atomic E-state index is 0.0897. The summed E-state index contributed by atoms with van der Waals surface area (Å²) < 4.78 is 5.97. The van der Waals surface area contributed by atoms with Crippen LogP contribution in [0, 0.1) is 6.92 Å². The molecule has 28 heavy (non-hydrogen) atoms. The van der Waals surface area contributed by atoms with Gasteiger partial charge in [-0.05, 0) is 35.7 Å². The van der Waals surface area contributed by atoms with Crippen LogP contribution in [0.4, 0.5) is 17.6 Å². The van der Waals surface area contributed by atoms with Crippen molar-refractivity contribution in [2.75, 3.05) is 23.7 Å². The molecule has 0 saturated carbocycles. The van der Waals surface area contributed by atoms with Crippen molar-refractivity contribution < 1.29 is 9.32 Å². The Morgan fingerprint density at radius 2 is 2.18 bits per heavy atom. The second-order valence-corrected chi connectivity index (χ2v) is 7.34. The summed E-state index contributed by atoms with van der Waals surface area (Å²) in [4.78, 5) is 22.8. The van der Waals surface area contributed by atoms with Crippen molar-refractivity contribution in [1.82, 2.24) is 30.2 Å². The summed E-state index contributed by atoms with van der Waals surface area (Å²) in [5.41, 5.74) is 1.27. The Morgan fingerprint density at radius 1 is 1.36 bits per heavy atom. The zero-order valence-electron chi connectivity index (χ0n) is 15.2.